The maximum atomic E-state index is 12.4. The summed E-state index contributed by atoms with van der Waals surface area (Å²) in [6.07, 6.45) is 0.0470. The molecular weight excluding hydrogens is 302 g/mol. The number of nitrogens with one attached hydrogen (secondary N) is 3. The standard InChI is InChI=1S/C15H27N3O5/c1-9(2)6-11(17-14(22)23)13(21)18-15(3,8-19)7-10-4-5-16-12(10)20/h9-11,17,19H,4-8H2,1-3H3,(H,16,20)(H,18,21)(H,22,23). The Balaban J connectivity index is 2.74. The molecule has 1 saturated heterocycles. The predicted octanol–water partition coefficient (Wildman–Crippen LogP) is 0.0621. The highest BCUT2D eigenvalue weighted by atomic mass is 16.4. The molecule has 0 aromatic heterocycles. The summed E-state index contributed by atoms with van der Waals surface area (Å²) < 4.78 is 0. The van der Waals surface area contributed by atoms with Gasteiger partial charge in [-0.2, -0.15) is 0 Å². The van der Waals surface area contributed by atoms with E-state index in [0.717, 1.165) is 0 Å². The SMILES string of the molecule is CC(C)CC(NC(=O)O)C(=O)NC(C)(CO)CC1CCNC1=O. The lowest BCUT2D eigenvalue weighted by molar-refractivity contribution is -0.128. The number of carbonyl (C=O) groups excluding carboxylic acids is 2. The summed E-state index contributed by atoms with van der Waals surface area (Å²) in [5.74, 6) is -0.709. The number of aliphatic hydroxyl groups is 1. The lowest BCUT2D eigenvalue weighted by Gasteiger charge is -2.32. The Labute approximate surface area is 136 Å². The van der Waals surface area contributed by atoms with E-state index >= 15 is 0 Å². The van der Waals surface area contributed by atoms with E-state index in [2.05, 4.69) is 16.0 Å². The summed E-state index contributed by atoms with van der Waals surface area (Å²) in [6.45, 7) is 5.69. The van der Waals surface area contributed by atoms with E-state index in [-0.39, 0.29) is 24.3 Å². The van der Waals surface area contributed by atoms with Gasteiger partial charge >= 0.3 is 6.09 Å². The lowest BCUT2D eigenvalue weighted by atomic mass is 9.88. The summed E-state index contributed by atoms with van der Waals surface area (Å²) in [7, 11) is 0. The third-order valence-corrected chi connectivity index (χ3v) is 3.95. The Morgan fingerprint density at radius 1 is 1.43 bits per heavy atom. The molecule has 8 heteroatoms. The number of aliphatic hydroxyl groups excluding tert-OH is 1. The van der Waals surface area contributed by atoms with Crippen LogP contribution in [0.4, 0.5) is 4.79 Å². The molecule has 0 aromatic carbocycles. The van der Waals surface area contributed by atoms with E-state index in [1.807, 2.05) is 13.8 Å². The first-order chi connectivity index (χ1) is 10.7. The molecule has 132 valence electrons. The van der Waals surface area contributed by atoms with Gasteiger partial charge in [0.2, 0.25) is 11.8 Å². The number of amides is 3. The summed E-state index contributed by atoms with van der Waals surface area (Å²) in [5, 5.41) is 26.1. The van der Waals surface area contributed by atoms with Gasteiger partial charge < -0.3 is 26.2 Å². The first kappa shape index (κ1) is 19.2. The Bertz CT molecular complexity index is 454. The van der Waals surface area contributed by atoms with Crippen molar-refractivity contribution in [1.29, 1.82) is 0 Å². The maximum absolute atomic E-state index is 12.4. The van der Waals surface area contributed by atoms with Gasteiger partial charge in [0.1, 0.15) is 6.04 Å². The molecular formula is C15H27N3O5. The van der Waals surface area contributed by atoms with Crippen LogP contribution in [0.3, 0.4) is 0 Å². The Kier molecular flexibility index (Phi) is 6.80. The summed E-state index contributed by atoms with van der Waals surface area (Å²) >= 11 is 0. The maximum Gasteiger partial charge on any atom is 0.405 e. The fourth-order valence-corrected chi connectivity index (χ4v) is 2.78. The molecule has 8 nitrogen and oxygen atoms in total. The minimum absolute atomic E-state index is 0.0821. The van der Waals surface area contributed by atoms with Gasteiger partial charge in [-0.15, -0.1) is 0 Å². The second kappa shape index (κ2) is 8.14. The minimum Gasteiger partial charge on any atom is -0.465 e. The molecule has 0 aromatic rings. The molecule has 3 unspecified atom stereocenters. The second-order valence-electron chi connectivity index (χ2n) is 6.82. The Morgan fingerprint density at radius 3 is 2.52 bits per heavy atom. The van der Waals surface area contributed by atoms with Crippen LogP contribution in [0.25, 0.3) is 0 Å². The third-order valence-electron chi connectivity index (χ3n) is 3.95. The molecule has 23 heavy (non-hydrogen) atoms. The van der Waals surface area contributed by atoms with Gasteiger partial charge in [0.25, 0.3) is 0 Å². The number of carbonyl (C=O) groups is 3. The fraction of sp³-hybridized carbons (Fsp3) is 0.800. The molecule has 0 spiro atoms. The highest BCUT2D eigenvalue weighted by Gasteiger charge is 2.36. The lowest BCUT2D eigenvalue weighted by Crippen LogP contribution is -2.57. The smallest absolute Gasteiger partial charge is 0.405 e. The number of hydrogen-bond donors (Lipinski definition) is 5. The third kappa shape index (κ3) is 6.05. The van der Waals surface area contributed by atoms with Crippen LogP contribution in [0.15, 0.2) is 0 Å². The van der Waals surface area contributed by atoms with Crippen LogP contribution >= 0.6 is 0 Å². The van der Waals surface area contributed by atoms with Crippen molar-refractivity contribution in [1.82, 2.24) is 16.0 Å². The molecule has 0 radical (unpaired) electrons. The van der Waals surface area contributed by atoms with E-state index in [4.69, 9.17) is 5.11 Å². The van der Waals surface area contributed by atoms with Gasteiger partial charge in [-0.05, 0) is 32.1 Å². The molecule has 0 bridgehead atoms. The Morgan fingerprint density at radius 2 is 2.09 bits per heavy atom. The van der Waals surface area contributed by atoms with Crippen LogP contribution in [0.1, 0.15) is 40.0 Å². The van der Waals surface area contributed by atoms with Crippen molar-refractivity contribution in [3.05, 3.63) is 0 Å². The van der Waals surface area contributed by atoms with E-state index in [0.29, 0.717) is 25.8 Å². The quantitative estimate of drug-likeness (QED) is 0.430. The molecule has 1 heterocycles. The highest BCUT2D eigenvalue weighted by molar-refractivity contribution is 5.86. The molecule has 1 aliphatic heterocycles. The summed E-state index contributed by atoms with van der Waals surface area (Å²) in [6, 6.07) is -0.893. The Hall–Kier alpha value is -1.83. The predicted molar refractivity (Wildman–Crippen MR) is 83.8 cm³/mol. The van der Waals surface area contributed by atoms with E-state index in [1.165, 1.54) is 0 Å². The first-order valence-corrected chi connectivity index (χ1v) is 7.87. The number of rotatable bonds is 8. The molecule has 0 aliphatic carbocycles. The molecule has 1 aliphatic rings. The van der Waals surface area contributed by atoms with Crippen molar-refractivity contribution >= 4 is 17.9 Å². The van der Waals surface area contributed by atoms with Gasteiger partial charge in [0.15, 0.2) is 0 Å². The van der Waals surface area contributed by atoms with Crippen LogP contribution < -0.4 is 16.0 Å². The average Bonchev–Trinajstić information content (AvgIpc) is 2.82. The minimum atomic E-state index is -1.27. The zero-order valence-corrected chi connectivity index (χ0v) is 13.9. The second-order valence-corrected chi connectivity index (χ2v) is 6.82. The molecule has 5 N–H and O–H groups in total. The molecule has 1 rings (SSSR count). The van der Waals surface area contributed by atoms with Gasteiger partial charge in [-0.25, -0.2) is 4.79 Å². The van der Waals surface area contributed by atoms with Crippen LogP contribution in [0, 0.1) is 11.8 Å². The monoisotopic (exact) mass is 329 g/mol. The van der Waals surface area contributed by atoms with Gasteiger partial charge in [0, 0.05) is 12.5 Å². The normalized spacial score (nSPS) is 21.4. The van der Waals surface area contributed by atoms with Gasteiger partial charge in [-0.1, -0.05) is 13.8 Å². The molecule has 0 saturated carbocycles. The van der Waals surface area contributed by atoms with Crippen molar-refractivity contribution in [3.8, 4) is 0 Å². The van der Waals surface area contributed by atoms with Gasteiger partial charge in [-0.3, -0.25) is 9.59 Å². The average molecular weight is 329 g/mol. The van der Waals surface area contributed by atoms with E-state index in [9.17, 15) is 19.5 Å². The van der Waals surface area contributed by atoms with Gasteiger partial charge in [0.05, 0.1) is 12.1 Å². The van der Waals surface area contributed by atoms with Crippen LogP contribution in [-0.2, 0) is 9.59 Å². The van der Waals surface area contributed by atoms with Crippen LogP contribution in [0.5, 0.6) is 0 Å². The number of hydrogen-bond acceptors (Lipinski definition) is 4. The largest absolute Gasteiger partial charge is 0.465 e. The molecule has 3 atom stereocenters. The molecule has 3 amide bonds. The molecule has 1 fully saturated rings. The van der Waals surface area contributed by atoms with Crippen LogP contribution in [0.2, 0.25) is 0 Å². The van der Waals surface area contributed by atoms with Crippen molar-refractivity contribution in [2.45, 2.75) is 51.6 Å². The summed E-state index contributed by atoms with van der Waals surface area (Å²) in [5.41, 5.74) is -0.973. The summed E-state index contributed by atoms with van der Waals surface area (Å²) in [4.78, 5) is 34.9. The van der Waals surface area contributed by atoms with E-state index < -0.39 is 23.6 Å². The number of carboxylic acid groups (broad SMARTS) is 1. The highest BCUT2D eigenvalue weighted by Crippen LogP contribution is 2.23. The zero-order valence-electron chi connectivity index (χ0n) is 13.9. The van der Waals surface area contributed by atoms with Crippen molar-refractivity contribution < 1.29 is 24.6 Å². The topological polar surface area (TPSA) is 128 Å². The van der Waals surface area contributed by atoms with E-state index in [1.54, 1.807) is 6.92 Å². The zero-order chi connectivity index (χ0) is 17.6. The van der Waals surface area contributed by atoms with Crippen molar-refractivity contribution in [2.24, 2.45) is 11.8 Å². The van der Waals surface area contributed by atoms with Crippen LogP contribution in [-0.4, -0.2) is 52.9 Å². The van der Waals surface area contributed by atoms with Crippen molar-refractivity contribution in [3.63, 3.8) is 0 Å². The first-order valence-electron chi connectivity index (χ1n) is 7.87. The van der Waals surface area contributed by atoms with Crippen molar-refractivity contribution in [2.75, 3.05) is 13.2 Å². The fourth-order valence-electron chi connectivity index (χ4n) is 2.78.